The lowest BCUT2D eigenvalue weighted by Gasteiger charge is -2.39. The number of allylic oxidation sites excluding steroid dienone is 2. The van der Waals surface area contributed by atoms with Crippen LogP contribution in [0.3, 0.4) is 0 Å². The fraction of sp³-hybridized carbons (Fsp3) is 0.143. The summed E-state index contributed by atoms with van der Waals surface area (Å²) in [5.41, 5.74) is 12.8. The van der Waals surface area contributed by atoms with E-state index in [1.165, 1.54) is 44.5 Å². The summed E-state index contributed by atoms with van der Waals surface area (Å²) in [6, 6.07) is 38.3. The average Bonchev–Trinajstić information content (AvgIpc) is 3.86. The zero-order valence-electron chi connectivity index (χ0n) is 26.8. The lowest BCUT2D eigenvalue weighted by molar-refractivity contribution is 0.519. The van der Waals surface area contributed by atoms with E-state index in [1.807, 2.05) is 38.1 Å². The third-order valence-corrected chi connectivity index (χ3v) is 14.7. The van der Waals surface area contributed by atoms with Crippen LogP contribution in [0.1, 0.15) is 56.4 Å². The highest BCUT2D eigenvalue weighted by molar-refractivity contribution is 6.84. The van der Waals surface area contributed by atoms with E-state index in [2.05, 4.69) is 110 Å². The van der Waals surface area contributed by atoms with Crippen LogP contribution in [0.5, 0.6) is 0 Å². The van der Waals surface area contributed by atoms with E-state index in [0.717, 1.165) is 44.2 Å². The number of fused-ring (bicyclic) bond motifs is 2. The lowest BCUT2D eigenvalue weighted by atomic mass is 9.97. The van der Waals surface area contributed by atoms with Gasteiger partial charge in [0.25, 0.3) is 0 Å². The Hall–Kier alpha value is -4.28. The van der Waals surface area contributed by atoms with Crippen molar-refractivity contribution in [2.24, 2.45) is 0 Å². The predicted octanol–water partition coefficient (Wildman–Crippen LogP) is 12.9. The number of hydrogen-bond acceptors (Lipinski definition) is 2. The molecule has 0 fully saturated rings. The van der Waals surface area contributed by atoms with E-state index in [-0.39, 0.29) is 11.1 Å². The Morgan fingerprint density at radius 1 is 0.511 bits per heavy atom. The molecule has 2 atom stereocenters. The van der Waals surface area contributed by atoms with Crippen molar-refractivity contribution in [1.82, 2.24) is 0 Å². The molecule has 232 valence electrons. The van der Waals surface area contributed by atoms with Gasteiger partial charge in [-0.3, -0.25) is 0 Å². The smallest absolute Gasteiger partial charge is 0.130 e. The summed E-state index contributed by atoms with van der Waals surface area (Å²) in [5, 5.41) is 1.47. The minimum absolute atomic E-state index is 0.171. The van der Waals surface area contributed by atoms with Gasteiger partial charge in [-0.1, -0.05) is 97.0 Å². The molecular weight excluding hydrogens is 635 g/mol. The Balaban J connectivity index is 1.34. The third-order valence-electron chi connectivity index (χ3n) is 9.97. The number of rotatable bonds is 6. The molecule has 0 spiro atoms. The Morgan fingerprint density at radius 3 is 1.28 bits per heavy atom. The molecule has 0 saturated heterocycles. The normalized spacial score (nSPS) is 17.0. The summed E-state index contributed by atoms with van der Waals surface area (Å²) in [5.74, 6) is 3.72. The second-order valence-corrected chi connectivity index (χ2v) is 19.0. The zero-order valence-corrected chi connectivity index (χ0v) is 29.3. The zero-order chi connectivity index (χ0) is 32.4. The van der Waals surface area contributed by atoms with Crippen LogP contribution in [-0.4, -0.2) is 8.07 Å². The maximum absolute atomic E-state index is 6.41. The van der Waals surface area contributed by atoms with Crippen molar-refractivity contribution in [1.29, 1.82) is 0 Å². The molecule has 2 heterocycles. The van der Waals surface area contributed by atoms with Gasteiger partial charge in [0.2, 0.25) is 0 Å². The second-order valence-electron chi connectivity index (χ2n) is 13.3. The summed E-state index contributed by atoms with van der Waals surface area (Å²) >= 11 is 12.6. The van der Waals surface area contributed by atoms with Gasteiger partial charge in [0.05, 0.1) is 8.07 Å². The van der Waals surface area contributed by atoms with Crippen molar-refractivity contribution < 1.29 is 8.83 Å². The van der Waals surface area contributed by atoms with Crippen molar-refractivity contribution in [3.63, 3.8) is 0 Å². The Labute approximate surface area is 287 Å². The first-order chi connectivity index (χ1) is 22.7. The molecule has 2 aliphatic rings. The van der Waals surface area contributed by atoms with Crippen molar-refractivity contribution in [3.8, 4) is 22.3 Å². The van der Waals surface area contributed by atoms with Crippen molar-refractivity contribution in [3.05, 3.63) is 165 Å². The van der Waals surface area contributed by atoms with Gasteiger partial charge in [-0.05, 0) is 119 Å². The molecule has 0 bridgehead atoms. The summed E-state index contributed by atoms with van der Waals surface area (Å²) in [6.45, 7) is 9.14. The first kappa shape index (κ1) is 30.1. The molecule has 6 aromatic rings. The Bertz CT molecular complexity index is 2060. The van der Waals surface area contributed by atoms with Crippen molar-refractivity contribution in [2.75, 3.05) is 0 Å². The van der Waals surface area contributed by atoms with Crippen molar-refractivity contribution >= 4 is 54.6 Å². The van der Waals surface area contributed by atoms with Gasteiger partial charge in [-0.25, -0.2) is 0 Å². The molecule has 47 heavy (non-hydrogen) atoms. The van der Waals surface area contributed by atoms with Crippen LogP contribution in [0.25, 0.3) is 45.6 Å². The second kappa shape index (κ2) is 11.5. The molecule has 2 aromatic heterocycles. The molecule has 0 saturated carbocycles. The number of halogens is 2. The molecule has 2 nitrogen and oxygen atoms in total. The van der Waals surface area contributed by atoms with Gasteiger partial charge in [-0.15, -0.1) is 0 Å². The quantitative estimate of drug-likeness (QED) is 0.165. The maximum Gasteiger partial charge on any atom is 0.130 e. The largest absolute Gasteiger partial charge is 0.462 e. The molecule has 0 radical (unpaired) electrons. The van der Waals surface area contributed by atoms with Crippen LogP contribution in [0.4, 0.5) is 0 Å². The predicted molar refractivity (Wildman–Crippen MR) is 199 cm³/mol. The van der Waals surface area contributed by atoms with Crippen molar-refractivity contribution in [2.45, 2.75) is 38.0 Å². The van der Waals surface area contributed by atoms with Gasteiger partial charge in [-0.2, -0.15) is 0 Å². The SMILES string of the molecule is Cc1ccc(C2=Cc3c(-c4ccc(Cl)cc4)cccc3C2[Si](C)(C)C2C(c3ccc(C)o3)=Cc3c(-c4ccc(Cl)cc4)cccc32)o1. The molecule has 2 unspecified atom stereocenters. The van der Waals surface area contributed by atoms with E-state index in [1.54, 1.807) is 0 Å². The molecule has 5 heteroatoms. The monoisotopic (exact) mass is 668 g/mol. The van der Waals surface area contributed by atoms with Crippen LogP contribution < -0.4 is 0 Å². The van der Waals surface area contributed by atoms with Gasteiger partial charge in [0, 0.05) is 32.3 Å². The fourth-order valence-electron chi connectivity index (χ4n) is 7.94. The van der Waals surface area contributed by atoms with E-state index < -0.39 is 8.07 Å². The number of hydrogen-bond donors (Lipinski definition) is 0. The van der Waals surface area contributed by atoms with Gasteiger partial charge in [0.15, 0.2) is 0 Å². The Kier molecular flexibility index (Phi) is 7.33. The fourth-order valence-corrected chi connectivity index (χ4v) is 12.7. The highest BCUT2D eigenvalue weighted by Gasteiger charge is 2.50. The van der Waals surface area contributed by atoms with Crippen LogP contribution >= 0.6 is 23.2 Å². The number of benzene rings is 4. The first-order valence-electron chi connectivity index (χ1n) is 16.0. The molecule has 0 amide bonds. The summed E-state index contributed by atoms with van der Waals surface area (Å²) in [6.07, 6.45) is 4.77. The summed E-state index contributed by atoms with van der Waals surface area (Å²) in [4.78, 5) is 0. The Morgan fingerprint density at radius 2 is 0.915 bits per heavy atom. The highest BCUT2D eigenvalue weighted by Crippen LogP contribution is 2.58. The van der Waals surface area contributed by atoms with E-state index in [0.29, 0.717) is 0 Å². The highest BCUT2D eigenvalue weighted by atomic mass is 35.5. The van der Waals surface area contributed by atoms with Gasteiger partial charge < -0.3 is 8.83 Å². The molecule has 4 aromatic carbocycles. The average molecular weight is 670 g/mol. The molecule has 0 aliphatic heterocycles. The number of aryl methyl sites for hydroxylation is 2. The van der Waals surface area contributed by atoms with E-state index >= 15 is 0 Å². The molecule has 2 aliphatic carbocycles. The summed E-state index contributed by atoms with van der Waals surface area (Å²) in [7, 11) is -2.38. The topological polar surface area (TPSA) is 26.3 Å². The van der Waals surface area contributed by atoms with Crippen LogP contribution in [0, 0.1) is 13.8 Å². The number of furan rings is 2. The minimum atomic E-state index is -2.38. The van der Waals surface area contributed by atoms with Gasteiger partial charge >= 0.3 is 0 Å². The third kappa shape index (κ3) is 5.09. The van der Waals surface area contributed by atoms with Crippen LogP contribution in [-0.2, 0) is 0 Å². The standard InChI is InChI=1S/C42H34Cl2O2Si/c1-25-11-21-39(45-25)37-23-35-31(27-13-17-29(43)18-14-27)7-5-9-33(35)41(37)47(3,4)42-34-10-6-8-32(28-15-19-30(44)20-16-28)36(34)24-38(42)40-22-12-26(2)46-40/h5-24,41-42H,1-4H3. The molecule has 8 rings (SSSR count). The van der Waals surface area contributed by atoms with E-state index in [9.17, 15) is 0 Å². The first-order valence-corrected chi connectivity index (χ1v) is 19.9. The van der Waals surface area contributed by atoms with Crippen LogP contribution in [0.2, 0.25) is 23.1 Å². The molecular formula is C42H34Cl2O2Si. The lowest BCUT2D eigenvalue weighted by Crippen LogP contribution is -2.42. The van der Waals surface area contributed by atoms with Gasteiger partial charge in [0.1, 0.15) is 23.0 Å². The minimum Gasteiger partial charge on any atom is -0.462 e. The maximum atomic E-state index is 6.41. The molecule has 0 N–H and O–H groups in total. The van der Waals surface area contributed by atoms with Crippen LogP contribution in [0.15, 0.2) is 118 Å². The van der Waals surface area contributed by atoms with E-state index in [4.69, 9.17) is 32.0 Å². The summed E-state index contributed by atoms with van der Waals surface area (Å²) < 4.78 is 12.8.